The lowest BCUT2D eigenvalue weighted by molar-refractivity contribution is -0.138. The summed E-state index contributed by atoms with van der Waals surface area (Å²) in [5.41, 5.74) is 0.102. The van der Waals surface area contributed by atoms with Gasteiger partial charge in [0.2, 0.25) is 0 Å². The Hall–Kier alpha value is -1.75. The highest BCUT2D eigenvalue weighted by molar-refractivity contribution is 6.31. The number of allylic oxidation sites excluding steroid dienone is 3. The molecule has 0 aliphatic rings. The Kier molecular flexibility index (Phi) is 8.10. The van der Waals surface area contributed by atoms with Crippen LogP contribution in [0.1, 0.15) is 45.7 Å². The van der Waals surface area contributed by atoms with E-state index in [1.807, 2.05) is 13.8 Å². The van der Waals surface area contributed by atoms with E-state index in [1.54, 1.807) is 6.92 Å². The van der Waals surface area contributed by atoms with Gasteiger partial charge in [0.25, 0.3) is 0 Å². The van der Waals surface area contributed by atoms with Gasteiger partial charge in [-0.3, -0.25) is 4.79 Å². The monoisotopic (exact) mass is 348 g/mol. The molecule has 0 radical (unpaired) electrons. The molecule has 0 fully saturated rings. The van der Waals surface area contributed by atoms with Crippen LogP contribution in [0.25, 0.3) is 5.57 Å². The maximum atomic E-state index is 12.9. The minimum Gasteiger partial charge on any atom is -0.431 e. The first-order chi connectivity index (χ1) is 10.5. The van der Waals surface area contributed by atoms with E-state index < -0.39 is 22.7 Å². The van der Waals surface area contributed by atoms with Gasteiger partial charge in [0.05, 0.1) is 10.6 Å². The fraction of sp³-hybridized carbons (Fsp3) is 0.353. The molecule has 0 spiro atoms. The highest BCUT2D eigenvalue weighted by Gasteiger charge is 2.33. The average Bonchev–Trinajstić information content (AvgIpc) is 2.40. The molecule has 0 aromatic heterocycles. The van der Waals surface area contributed by atoms with Gasteiger partial charge in [-0.1, -0.05) is 38.1 Å². The molecule has 0 aliphatic carbocycles. The number of halogens is 4. The smallest absolute Gasteiger partial charge is 0.417 e. The molecule has 0 bridgehead atoms. The van der Waals surface area contributed by atoms with Gasteiger partial charge in [0.1, 0.15) is 5.76 Å². The number of carbonyl (C=O) groups excluding carboxylic acids is 1. The molecular weight excluding hydrogens is 329 g/mol. The lowest BCUT2D eigenvalue weighted by Crippen LogP contribution is -2.07. The summed E-state index contributed by atoms with van der Waals surface area (Å²) in [6.07, 6.45) is -4.57. The van der Waals surface area contributed by atoms with Crippen LogP contribution in [0.2, 0.25) is 5.02 Å². The second kappa shape index (κ2) is 8.77. The average molecular weight is 349 g/mol. The highest BCUT2D eigenvalue weighted by atomic mass is 35.5. The van der Waals surface area contributed by atoms with E-state index in [-0.39, 0.29) is 11.3 Å². The molecule has 0 heterocycles. The molecule has 1 rings (SSSR count). The molecule has 23 heavy (non-hydrogen) atoms. The predicted molar refractivity (Wildman–Crippen MR) is 87.0 cm³/mol. The van der Waals surface area contributed by atoms with E-state index in [0.29, 0.717) is 11.1 Å². The maximum Gasteiger partial charge on any atom is 0.417 e. The fourth-order valence-electron chi connectivity index (χ4n) is 1.91. The Morgan fingerprint density at radius 1 is 1.17 bits per heavy atom. The first kappa shape index (κ1) is 21.2. The molecule has 128 valence electrons. The number of carbonyl (C=O) groups is 1. The summed E-state index contributed by atoms with van der Waals surface area (Å²) >= 11 is 5.59. The Balaban J connectivity index is 0.00000232. The van der Waals surface area contributed by atoms with Crippen LogP contribution in [0.5, 0.6) is 0 Å². The van der Waals surface area contributed by atoms with Crippen LogP contribution in [-0.2, 0) is 15.7 Å². The maximum absolute atomic E-state index is 12.9. The molecule has 2 nitrogen and oxygen atoms in total. The first-order valence-electron chi connectivity index (χ1n) is 6.96. The second-order valence-corrected chi connectivity index (χ2v) is 4.90. The zero-order chi connectivity index (χ0) is 18.4. The normalized spacial score (nSPS) is 11.9. The van der Waals surface area contributed by atoms with E-state index in [1.165, 1.54) is 19.9 Å². The molecule has 0 N–H and O–H groups in total. The van der Waals surface area contributed by atoms with Gasteiger partial charge in [-0.2, -0.15) is 13.2 Å². The molecule has 6 heteroatoms. The fourth-order valence-corrected chi connectivity index (χ4v) is 2.14. The highest BCUT2D eigenvalue weighted by Crippen LogP contribution is 2.37. The van der Waals surface area contributed by atoms with Gasteiger partial charge < -0.3 is 4.74 Å². The third-order valence-electron chi connectivity index (χ3n) is 2.64. The van der Waals surface area contributed by atoms with Crippen LogP contribution in [0.15, 0.2) is 36.1 Å². The lowest BCUT2D eigenvalue weighted by Gasteiger charge is -2.15. The van der Waals surface area contributed by atoms with E-state index in [4.69, 9.17) is 16.3 Å². The number of hydrogen-bond acceptors (Lipinski definition) is 2. The molecule has 1 aromatic rings. The molecular formula is C17H20ClF3O2. The number of ether oxygens (including phenoxy) is 1. The summed E-state index contributed by atoms with van der Waals surface area (Å²) in [7, 11) is 0. The Morgan fingerprint density at radius 3 is 2.09 bits per heavy atom. The van der Waals surface area contributed by atoms with Gasteiger partial charge in [0, 0.05) is 12.5 Å². The van der Waals surface area contributed by atoms with Crippen LogP contribution in [0.3, 0.4) is 0 Å². The van der Waals surface area contributed by atoms with Crippen molar-refractivity contribution in [2.45, 2.75) is 40.8 Å². The number of esters is 1. The number of rotatable bonds is 3. The van der Waals surface area contributed by atoms with Crippen molar-refractivity contribution >= 4 is 23.1 Å². The summed E-state index contributed by atoms with van der Waals surface area (Å²) in [4.78, 5) is 11.0. The van der Waals surface area contributed by atoms with Gasteiger partial charge in [0.15, 0.2) is 0 Å². The minimum absolute atomic E-state index is 0.186. The number of hydrogen-bond donors (Lipinski definition) is 0. The summed E-state index contributed by atoms with van der Waals surface area (Å²) < 4.78 is 43.6. The quantitative estimate of drug-likeness (QED) is 0.366. The molecule has 0 unspecified atom stereocenters. The minimum atomic E-state index is -4.57. The van der Waals surface area contributed by atoms with Crippen molar-refractivity contribution in [1.29, 1.82) is 0 Å². The summed E-state index contributed by atoms with van der Waals surface area (Å²) in [5, 5.41) is -0.391. The third-order valence-corrected chi connectivity index (χ3v) is 2.97. The van der Waals surface area contributed by atoms with Gasteiger partial charge in [-0.25, -0.2) is 0 Å². The molecule has 0 aliphatic heterocycles. The number of benzene rings is 1. The van der Waals surface area contributed by atoms with Gasteiger partial charge >= 0.3 is 12.1 Å². The van der Waals surface area contributed by atoms with Crippen molar-refractivity contribution in [2.75, 3.05) is 0 Å². The summed E-state index contributed by atoms with van der Waals surface area (Å²) in [5.74, 6) is -0.373. The van der Waals surface area contributed by atoms with Crippen molar-refractivity contribution in [3.05, 3.63) is 52.3 Å². The number of alkyl halides is 3. The first-order valence-corrected chi connectivity index (χ1v) is 7.34. The van der Waals surface area contributed by atoms with Gasteiger partial charge in [-0.15, -0.1) is 0 Å². The van der Waals surface area contributed by atoms with Crippen LogP contribution in [-0.4, -0.2) is 5.97 Å². The Labute approximate surface area is 139 Å². The van der Waals surface area contributed by atoms with Crippen molar-refractivity contribution < 1.29 is 22.7 Å². The van der Waals surface area contributed by atoms with E-state index in [9.17, 15) is 18.0 Å². The van der Waals surface area contributed by atoms with Gasteiger partial charge in [-0.05, 0) is 37.1 Å². The van der Waals surface area contributed by atoms with Crippen LogP contribution < -0.4 is 0 Å². The molecule has 0 atom stereocenters. The molecule has 0 saturated heterocycles. The van der Waals surface area contributed by atoms with E-state index >= 15 is 0 Å². The molecule has 0 saturated carbocycles. The zero-order valence-corrected chi connectivity index (χ0v) is 14.5. The summed E-state index contributed by atoms with van der Waals surface area (Å²) in [6, 6.07) is 3.50. The predicted octanol–water partition coefficient (Wildman–Crippen LogP) is 6.26. The van der Waals surface area contributed by atoms with Crippen molar-refractivity contribution in [3.8, 4) is 0 Å². The third kappa shape index (κ3) is 6.10. The molecule has 1 aromatic carbocycles. The Morgan fingerprint density at radius 2 is 1.70 bits per heavy atom. The lowest BCUT2D eigenvalue weighted by atomic mass is 9.97. The van der Waals surface area contributed by atoms with E-state index in [2.05, 4.69) is 6.58 Å². The standard InChI is InChI=1S/C15H14ClF3O2.C2H6/c1-8(2)14(9(3)21-10(4)20)11-5-6-13(16)12(7-11)15(17,18)19;1-2/h5-7H,1H2,2-4H3;1-2H3/b14-9-;. The van der Waals surface area contributed by atoms with Crippen LogP contribution in [0.4, 0.5) is 13.2 Å². The largest absolute Gasteiger partial charge is 0.431 e. The van der Waals surface area contributed by atoms with Crippen molar-refractivity contribution in [1.82, 2.24) is 0 Å². The Bertz CT molecular complexity index is 617. The topological polar surface area (TPSA) is 26.3 Å². The van der Waals surface area contributed by atoms with Crippen LogP contribution in [0, 0.1) is 0 Å². The van der Waals surface area contributed by atoms with Crippen molar-refractivity contribution in [2.24, 2.45) is 0 Å². The zero-order valence-electron chi connectivity index (χ0n) is 13.8. The SMILES string of the molecule is C=C(C)/C(=C(\C)OC(C)=O)c1ccc(Cl)c(C(F)(F)F)c1.CC. The van der Waals surface area contributed by atoms with Crippen LogP contribution >= 0.6 is 11.6 Å². The molecule has 0 amide bonds. The van der Waals surface area contributed by atoms with E-state index in [0.717, 1.165) is 12.1 Å². The second-order valence-electron chi connectivity index (χ2n) is 4.50. The summed E-state index contributed by atoms with van der Waals surface area (Å²) in [6.45, 7) is 12.0. The van der Waals surface area contributed by atoms with Crippen molar-refractivity contribution in [3.63, 3.8) is 0 Å².